The molecule has 0 N–H and O–H groups in total. The van der Waals surface area contributed by atoms with Gasteiger partial charge in [0.2, 0.25) is 0 Å². The van der Waals surface area contributed by atoms with E-state index < -0.39 is 11.9 Å². The Morgan fingerprint density at radius 2 is 1.24 bits per heavy atom. The minimum Gasteiger partial charge on any atom is -0.497 e. The van der Waals surface area contributed by atoms with Crippen LogP contribution in [0, 0.1) is 13.8 Å². The summed E-state index contributed by atoms with van der Waals surface area (Å²) in [5.74, 6) is 0.723. The molecule has 0 aliphatic carbocycles. The first-order chi connectivity index (χ1) is 21.5. The van der Waals surface area contributed by atoms with Gasteiger partial charge in [-0.2, -0.15) is 0 Å². The maximum Gasteiger partial charge on any atom is 0.343 e. The molecule has 2 aromatic heterocycles. The quantitative estimate of drug-likeness (QED) is 0.126. The lowest BCUT2D eigenvalue weighted by atomic mass is 10.1. The fourth-order valence-corrected chi connectivity index (χ4v) is 6.93. The van der Waals surface area contributed by atoms with Gasteiger partial charge in [-0.3, -0.25) is 0 Å². The van der Waals surface area contributed by atoms with Gasteiger partial charge >= 0.3 is 11.9 Å². The van der Waals surface area contributed by atoms with E-state index >= 15 is 0 Å². The third-order valence-electron chi connectivity index (χ3n) is 6.73. The molecule has 0 spiro atoms. The third-order valence-corrected chi connectivity index (χ3v) is 8.94. The Bertz CT molecular complexity index is 2060. The summed E-state index contributed by atoms with van der Waals surface area (Å²) in [4.78, 5) is 36.0. The SMILES string of the molecule is COc1ccc(C(=O)Oc2ccc(OC(=O)c3ccc(OC(C)(C)C)cc3)c3sc(-c4nc5c(C)cc(C)cc5s4)nc23)cc1. The van der Waals surface area contributed by atoms with Crippen molar-refractivity contribution in [2.24, 2.45) is 0 Å². The lowest BCUT2D eigenvalue weighted by molar-refractivity contribution is 0.0723. The van der Waals surface area contributed by atoms with E-state index in [1.807, 2.05) is 27.7 Å². The Kier molecular flexibility index (Phi) is 8.03. The van der Waals surface area contributed by atoms with E-state index in [0.29, 0.717) is 43.6 Å². The second-order valence-corrected chi connectivity index (χ2v) is 13.5. The molecule has 8 nitrogen and oxygen atoms in total. The van der Waals surface area contributed by atoms with Gasteiger partial charge < -0.3 is 18.9 Å². The van der Waals surface area contributed by atoms with Crippen molar-refractivity contribution in [1.82, 2.24) is 9.97 Å². The maximum absolute atomic E-state index is 13.2. The first-order valence-corrected chi connectivity index (χ1v) is 15.8. The zero-order chi connectivity index (χ0) is 31.9. The van der Waals surface area contributed by atoms with Crippen LogP contribution in [-0.2, 0) is 0 Å². The monoisotopic (exact) mass is 638 g/mol. The second-order valence-electron chi connectivity index (χ2n) is 11.5. The summed E-state index contributed by atoms with van der Waals surface area (Å²) < 4.78 is 24.4. The molecule has 228 valence electrons. The Balaban J connectivity index is 1.37. The molecule has 0 atom stereocenters. The van der Waals surface area contributed by atoms with Gasteiger partial charge in [-0.1, -0.05) is 6.07 Å². The topological polar surface area (TPSA) is 96.8 Å². The molecule has 2 heterocycles. The molecular formula is C35H30N2O6S2. The number of carbonyl (C=O) groups excluding carboxylic acids is 2. The molecule has 0 amide bonds. The predicted molar refractivity (Wildman–Crippen MR) is 177 cm³/mol. The van der Waals surface area contributed by atoms with E-state index in [4.69, 9.17) is 28.9 Å². The van der Waals surface area contributed by atoms with Crippen LogP contribution in [0.25, 0.3) is 30.4 Å². The molecule has 0 radical (unpaired) electrons. The normalized spacial score (nSPS) is 11.5. The molecule has 0 unspecified atom stereocenters. The Hall–Kier alpha value is -4.80. The van der Waals surface area contributed by atoms with Crippen LogP contribution in [0.2, 0.25) is 0 Å². The summed E-state index contributed by atoms with van der Waals surface area (Å²) in [6.45, 7) is 9.96. The summed E-state index contributed by atoms with van der Waals surface area (Å²) in [5.41, 5.74) is 3.89. The lowest BCUT2D eigenvalue weighted by Gasteiger charge is -2.21. The summed E-state index contributed by atoms with van der Waals surface area (Å²) in [6.07, 6.45) is 0. The molecule has 6 rings (SSSR count). The molecular weight excluding hydrogens is 609 g/mol. The summed E-state index contributed by atoms with van der Waals surface area (Å²) in [6, 6.07) is 20.8. The zero-order valence-corrected chi connectivity index (χ0v) is 27.2. The van der Waals surface area contributed by atoms with E-state index in [-0.39, 0.29) is 11.4 Å². The first-order valence-electron chi connectivity index (χ1n) is 14.2. The number of fused-ring (bicyclic) bond motifs is 2. The van der Waals surface area contributed by atoms with Gasteiger partial charge in [0.1, 0.15) is 27.3 Å². The fraction of sp³-hybridized carbons (Fsp3) is 0.200. The van der Waals surface area contributed by atoms with Gasteiger partial charge in [0.15, 0.2) is 21.5 Å². The van der Waals surface area contributed by atoms with Crippen molar-refractivity contribution in [2.45, 2.75) is 40.2 Å². The van der Waals surface area contributed by atoms with Gasteiger partial charge in [-0.05, 0) is 112 Å². The first kappa shape index (κ1) is 30.2. The number of thiazole rings is 2. The van der Waals surface area contributed by atoms with E-state index in [1.54, 1.807) is 67.8 Å². The van der Waals surface area contributed by atoms with Crippen LogP contribution < -0.4 is 18.9 Å². The fourth-order valence-electron chi connectivity index (χ4n) is 4.73. The number of carbonyl (C=O) groups is 2. The zero-order valence-electron chi connectivity index (χ0n) is 25.6. The summed E-state index contributed by atoms with van der Waals surface area (Å²) in [7, 11) is 1.56. The van der Waals surface area contributed by atoms with Crippen LogP contribution in [0.3, 0.4) is 0 Å². The Morgan fingerprint density at radius 1 is 0.689 bits per heavy atom. The molecule has 0 saturated carbocycles. The van der Waals surface area contributed by atoms with Crippen molar-refractivity contribution in [1.29, 1.82) is 0 Å². The van der Waals surface area contributed by atoms with E-state index in [0.717, 1.165) is 26.4 Å². The lowest BCUT2D eigenvalue weighted by Crippen LogP contribution is -2.22. The van der Waals surface area contributed by atoms with E-state index in [9.17, 15) is 9.59 Å². The van der Waals surface area contributed by atoms with Gasteiger partial charge in [0.25, 0.3) is 0 Å². The second kappa shape index (κ2) is 11.9. The maximum atomic E-state index is 13.2. The van der Waals surface area contributed by atoms with E-state index in [2.05, 4.69) is 19.1 Å². The van der Waals surface area contributed by atoms with Gasteiger partial charge in [-0.25, -0.2) is 19.6 Å². The van der Waals surface area contributed by atoms with Gasteiger partial charge in [-0.15, -0.1) is 22.7 Å². The van der Waals surface area contributed by atoms with Crippen LogP contribution in [0.15, 0.2) is 72.8 Å². The Morgan fingerprint density at radius 3 is 1.87 bits per heavy atom. The molecule has 0 saturated heterocycles. The number of rotatable bonds is 7. The summed E-state index contributed by atoms with van der Waals surface area (Å²) in [5, 5.41) is 1.34. The van der Waals surface area contributed by atoms with Crippen LogP contribution in [0.4, 0.5) is 0 Å². The molecule has 10 heteroatoms. The van der Waals surface area contributed by atoms with Crippen LogP contribution in [-0.4, -0.2) is 34.6 Å². The number of hydrogen-bond acceptors (Lipinski definition) is 10. The molecule has 0 fully saturated rings. The highest BCUT2D eigenvalue weighted by molar-refractivity contribution is 7.28. The molecule has 0 bridgehead atoms. The number of benzene rings is 4. The third kappa shape index (κ3) is 6.52. The van der Waals surface area contributed by atoms with Crippen LogP contribution >= 0.6 is 22.7 Å². The van der Waals surface area contributed by atoms with Crippen molar-refractivity contribution in [3.05, 3.63) is 95.1 Å². The largest absolute Gasteiger partial charge is 0.497 e. The number of hydrogen-bond donors (Lipinski definition) is 0. The predicted octanol–water partition coefficient (Wildman–Crippen LogP) is 8.81. The summed E-state index contributed by atoms with van der Waals surface area (Å²) >= 11 is 2.86. The van der Waals surface area contributed by atoms with Crippen molar-refractivity contribution < 1.29 is 28.5 Å². The van der Waals surface area contributed by atoms with Crippen molar-refractivity contribution >= 4 is 55.0 Å². The van der Waals surface area contributed by atoms with E-state index in [1.165, 1.54) is 22.7 Å². The number of aromatic nitrogens is 2. The molecule has 4 aromatic carbocycles. The highest BCUT2D eigenvalue weighted by Crippen LogP contribution is 2.43. The standard InChI is InChI=1S/C35H30N2O6S2/c1-19-17-20(2)28-27(18-19)44-31(36-28)32-37-29-25(41-33(38)21-7-11-23(40-6)12-8-21)15-16-26(30(29)45-32)42-34(39)22-9-13-24(14-10-22)43-35(3,4)5/h7-18H,1-6H3. The van der Waals surface area contributed by atoms with Crippen molar-refractivity contribution in [3.8, 4) is 33.0 Å². The smallest absolute Gasteiger partial charge is 0.343 e. The number of esters is 2. The molecule has 0 aliphatic heterocycles. The number of nitrogens with zero attached hydrogens (tertiary/aromatic N) is 2. The minimum atomic E-state index is -0.554. The van der Waals surface area contributed by atoms with Crippen LogP contribution in [0.5, 0.6) is 23.0 Å². The highest BCUT2D eigenvalue weighted by atomic mass is 32.1. The Labute approximate surface area is 268 Å². The minimum absolute atomic E-state index is 0.241. The molecule has 45 heavy (non-hydrogen) atoms. The average molecular weight is 639 g/mol. The van der Waals surface area contributed by atoms with Crippen molar-refractivity contribution in [3.63, 3.8) is 0 Å². The van der Waals surface area contributed by atoms with Crippen molar-refractivity contribution in [2.75, 3.05) is 7.11 Å². The van der Waals surface area contributed by atoms with Crippen LogP contribution in [0.1, 0.15) is 52.6 Å². The highest BCUT2D eigenvalue weighted by Gasteiger charge is 2.22. The molecule has 0 aliphatic rings. The van der Waals surface area contributed by atoms with Gasteiger partial charge in [0, 0.05) is 0 Å². The number of ether oxygens (including phenoxy) is 4. The average Bonchev–Trinajstić information content (AvgIpc) is 3.64. The number of methoxy groups -OCH3 is 1. The molecule has 6 aromatic rings. The number of aryl methyl sites for hydroxylation is 2. The van der Waals surface area contributed by atoms with Gasteiger partial charge in [0.05, 0.1) is 28.5 Å².